The number of pyridine rings is 2. The highest BCUT2D eigenvalue weighted by molar-refractivity contribution is 6.09. The van der Waals surface area contributed by atoms with Crippen LogP contribution in [-0.4, -0.2) is 27.4 Å². The Morgan fingerprint density at radius 1 is 1.14 bits per heavy atom. The van der Waals surface area contributed by atoms with Crippen molar-refractivity contribution in [2.45, 2.75) is 26.4 Å². The van der Waals surface area contributed by atoms with Crippen LogP contribution in [-0.2, 0) is 4.74 Å². The van der Waals surface area contributed by atoms with Crippen molar-refractivity contribution in [1.82, 2.24) is 9.97 Å². The summed E-state index contributed by atoms with van der Waals surface area (Å²) in [5.74, 6) is 0.0618. The summed E-state index contributed by atoms with van der Waals surface area (Å²) in [6, 6.07) is 6.44. The van der Waals surface area contributed by atoms with Crippen LogP contribution in [0.4, 0.5) is 10.6 Å². The summed E-state index contributed by atoms with van der Waals surface area (Å²) >= 11 is 0. The minimum atomic E-state index is -0.619. The van der Waals surface area contributed by atoms with Gasteiger partial charge in [-0.3, -0.25) is 15.1 Å². The molecule has 1 N–H and O–H groups in total. The van der Waals surface area contributed by atoms with E-state index in [1.54, 1.807) is 45.2 Å². The molecule has 0 aromatic carbocycles. The number of ether oxygens (including phenoxy) is 1. The summed E-state index contributed by atoms with van der Waals surface area (Å²) in [7, 11) is 0. The summed E-state index contributed by atoms with van der Waals surface area (Å²) in [5, 5.41) is 2.51. The lowest BCUT2D eigenvalue weighted by Gasteiger charge is -2.19. The highest BCUT2D eigenvalue weighted by Crippen LogP contribution is 2.14. The van der Waals surface area contributed by atoms with Crippen molar-refractivity contribution in [3.05, 3.63) is 54.0 Å². The summed E-state index contributed by atoms with van der Waals surface area (Å²) < 4.78 is 5.14. The second-order valence-corrected chi connectivity index (χ2v) is 5.63. The number of hydrogen-bond acceptors (Lipinski definition) is 5. The summed E-state index contributed by atoms with van der Waals surface area (Å²) in [6.45, 7) is 5.30. The minimum Gasteiger partial charge on any atom is -0.444 e. The number of carbonyl (C=O) groups excluding carboxylic acids is 2. The molecule has 6 nitrogen and oxygen atoms in total. The molecule has 0 atom stereocenters. The van der Waals surface area contributed by atoms with E-state index >= 15 is 0 Å². The molecule has 2 aromatic heterocycles. The molecule has 2 rings (SSSR count). The minimum absolute atomic E-state index is 0.192. The molecule has 0 fully saturated rings. The van der Waals surface area contributed by atoms with Crippen molar-refractivity contribution in [2.24, 2.45) is 0 Å². The maximum atomic E-state index is 12.3. The fourth-order valence-corrected chi connectivity index (χ4v) is 1.71. The average Bonchev–Trinajstić information content (AvgIpc) is 2.45. The van der Waals surface area contributed by atoms with Gasteiger partial charge in [0.05, 0.1) is 0 Å². The van der Waals surface area contributed by atoms with Crippen LogP contribution in [0.25, 0.3) is 0 Å². The van der Waals surface area contributed by atoms with Gasteiger partial charge in [0, 0.05) is 29.7 Å². The number of nitrogens with zero attached hydrogens (tertiary/aromatic N) is 2. The molecule has 114 valence electrons. The first-order valence-electron chi connectivity index (χ1n) is 6.76. The third-order valence-corrected chi connectivity index (χ3v) is 2.57. The third-order valence-electron chi connectivity index (χ3n) is 2.57. The Bertz CT molecular complexity index is 679. The van der Waals surface area contributed by atoms with Crippen LogP contribution in [0.1, 0.15) is 36.7 Å². The lowest BCUT2D eigenvalue weighted by molar-refractivity contribution is 0.0635. The van der Waals surface area contributed by atoms with E-state index in [0.29, 0.717) is 11.1 Å². The monoisotopic (exact) mass is 299 g/mol. The number of nitrogens with one attached hydrogen (secondary N) is 1. The van der Waals surface area contributed by atoms with Crippen molar-refractivity contribution in [3.8, 4) is 0 Å². The van der Waals surface area contributed by atoms with Gasteiger partial charge in [-0.2, -0.15) is 0 Å². The highest BCUT2D eigenvalue weighted by Gasteiger charge is 2.17. The molecule has 0 bridgehead atoms. The van der Waals surface area contributed by atoms with Crippen molar-refractivity contribution < 1.29 is 14.3 Å². The van der Waals surface area contributed by atoms with Gasteiger partial charge in [-0.15, -0.1) is 0 Å². The molecule has 2 aromatic rings. The highest BCUT2D eigenvalue weighted by atomic mass is 16.6. The number of aromatic nitrogens is 2. The van der Waals surface area contributed by atoms with E-state index in [4.69, 9.17) is 4.74 Å². The molecule has 1 amide bonds. The maximum absolute atomic E-state index is 12.3. The first-order valence-corrected chi connectivity index (χ1v) is 6.76. The largest absolute Gasteiger partial charge is 0.444 e. The van der Waals surface area contributed by atoms with Gasteiger partial charge >= 0.3 is 6.09 Å². The zero-order chi connectivity index (χ0) is 16.2. The first-order chi connectivity index (χ1) is 10.3. The van der Waals surface area contributed by atoms with Crippen molar-refractivity contribution in [3.63, 3.8) is 0 Å². The second-order valence-electron chi connectivity index (χ2n) is 5.63. The molecule has 0 aliphatic rings. The lowest BCUT2D eigenvalue weighted by Crippen LogP contribution is -2.27. The maximum Gasteiger partial charge on any atom is 0.413 e. The quantitative estimate of drug-likeness (QED) is 0.881. The van der Waals surface area contributed by atoms with Crippen LogP contribution in [0.15, 0.2) is 42.9 Å². The number of carbonyl (C=O) groups is 2. The fourth-order valence-electron chi connectivity index (χ4n) is 1.71. The van der Waals surface area contributed by atoms with Crippen LogP contribution >= 0.6 is 0 Å². The molecular weight excluding hydrogens is 282 g/mol. The number of amides is 1. The van der Waals surface area contributed by atoms with Crippen LogP contribution in [0.2, 0.25) is 0 Å². The molecule has 0 saturated heterocycles. The molecule has 2 heterocycles. The van der Waals surface area contributed by atoms with Crippen LogP contribution in [0.3, 0.4) is 0 Å². The van der Waals surface area contributed by atoms with Crippen molar-refractivity contribution in [1.29, 1.82) is 0 Å². The molecule has 0 unspecified atom stereocenters. The van der Waals surface area contributed by atoms with E-state index < -0.39 is 11.7 Å². The molecule has 6 heteroatoms. The third kappa shape index (κ3) is 4.37. The second kappa shape index (κ2) is 6.34. The van der Waals surface area contributed by atoms with Gasteiger partial charge in [0.2, 0.25) is 0 Å². The lowest BCUT2D eigenvalue weighted by atomic mass is 10.1. The predicted octanol–water partition coefficient (Wildman–Crippen LogP) is 3.05. The van der Waals surface area contributed by atoms with Gasteiger partial charge in [-0.25, -0.2) is 9.78 Å². The molecule has 0 aliphatic carbocycles. The molecular formula is C16H17N3O3. The topological polar surface area (TPSA) is 81.2 Å². The van der Waals surface area contributed by atoms with Gasteiger partial charge in [-0.1, -0.05) is 0 Å². The number of rotatable bonds is 3. The Morgan fingerprint density at radius 3 is 2.55 bits per heavy atom. The Hall–Kier alpha value is -2.76. The van der Waals surface area contributed by atoms with E-state index in [-0.39, 0.29) is 11.6 Å². The smallest absolute Gasteiger partial charge is 0.413 e. The first kappa shape index (κ1) is 15.6. The number of ketones is 1. The van der Waals surface area contributed by atoms with E-state index in [1.165, 1.54) is 18.5 Å². The van der Waals surface area contributed by atoms with E-state index in [2.05, 4.69) is 15.3 Å². The van der Waals surface area contributed by atoms with E-state index in [0.717, 1.165) is 0 Å². The van der Waals surface area contributed by atoms with E-state index in [1.807, 2.05) is 0 Å². The van der Waals surface area contributed by atoms with Gasteiger partial charge in [0.25, 0.3) is 0 Å². The zero-order valence-corrected chi connectivity index (χ0v) is 12.7. The summed E-state index contributed by atoms with van der Waals surface area (Å²) in [5.41, 5.74) is 0.277. The Morgan fingerprint density at radius 2 is 1.91 bits per heavy atom. The molecule has 0 saturated carbocycles. The van der Waals surface area contributed by atoms with Crippen molar-refractivity contribution >= 4 is 17.7 Å². The molecule has 0 spiro atoms. The zero-order valence-electron chi connectivity index (χ0n) is 12.7. The van der Waals surface area contributed by atoms with Gasteiger partial charge in [-0.05, 0) is 45.0 Å². The molecule has 0 aliphatic heterocycles. The van der Waals surface area contributed by atoms with Gasteiger partial charge in [0.1, 0.15) is 11.4 Å². The van der Waals surface area contributed by atoms with Gasteiger partial charge < -0.3 is 4.74 Å². The Labute approximate surface area is 128 Å². The van der Waals surface area contributed by atoms with E-state index in [9.17, 15) is 9.59 Å². The summed E-state index contributed by atoms with van der Waals surface area (Å²) in [4.78, 5) is 31.9. The summed E-state index contributed by atoms with van der Waals surface area (Å²) in [6.07, 6.45) is 3.92. The average molecular weight is 299 g/mol. The number of hydrogen-bond donors (Lipinski definition) is 1. The molecule has 22 heavy (non-hydrogen) atoms. The van der Waals surface area contributed by atoms with Crippen LogP contribution in [0, 0.1) is 0 Å². The number of anilines is 1. The SMILES string of the molecule is CC(C)(C)OC(=O)Nc1cc(C(=O)c2cccnc2)ccn1. The van der Waals surface area contributed by atoms with Gasteiger partial charge in [0.15, 0.2) is 5.78 Å². The van der Waals surface area contributed by atoms with Crippen LogP contribution in [0.5, 0.6) is 0 Å². The molecule has 0 radical (unpaired) electrons. The van der Waals surface area contributed by atoms with Crippen molar-refractivity contribution in [2.75, 3.05) is 5.32 Å². The Balaban J connectivity index is 2.14. The Kier molecular flexibility index (Phi) is 4.50. The van der Waals surface area contributed by atoms with Crippen LogP contribution < -0.4 is 5.32 Å². The predicted molar refractivity (Wildman–Crippen MR) is 81.8 cm³/mol. The fraction of sp³-hybridized carbons (Fsp3) is 0.250. The normalized spacial score (nSPS) is 10.9. The standard InChI is InChI=1S/C16H17N3O3/c1-16(2,3)22-15(21)19-13-9-11(6-8-18-13)14(20)12-5-4-7-17-10-12/h4-10H,1-3H3,(H,18,19,21).